The Morgan fingerprint density at radius 1 is 0.974 bits per heavy atom. The van der Waals surface area contributed by atoms with E-state index in [9.17, 15) is 18.0 Å². The second kappa shape index (κ2) is 11.6. The van der Waals surface area contributed by atoms with Gasteiger partial charge in [0.15, 0.2) is 0 Å². The van der Waals surface area contributed by atoms with Gasteiger partial charge in [0.1, 0.15) is 5.56 Å². The minimum absolute atomic E-state index is 0.0236. The van der Waals surface area contributed by atoms with Gasteiger partial charge in [-0.1, -0.05) is 49.6 Å². The van der Waals surface area contributed by atoms with E-state index >= 15 is 0 Å². The lowest BCUT2D eigenvalue weighted by atomic mass is 9.90. The second-order valence-corrected chi connectivity index (χ2v) is 13.1. The molecule has 5 rings (SSSR count). The van der Waals surface area contributed by atoms with Crippen LogP contribution in [0.5, 0.6) is 0 Å². The number of benzene rings is 2. The molecule has 8 heteroatoms. The van der Waals surface area contributed by atoms with Crippen molar-refractivity contribution in [1.29, 1.82) is 0 Å². The number of amides is 1. The Kier molecular flexibility index (Phi) is 8.24. The molecule has 2 aromatic carbocycles. The van der Waals surface area contributed by atoms with Crippen LogP contribution in [-0.2, 0) is 23.0 Å². The Balaban J connectivity index is 1.40. The van der Waals surface area contributed by atoms with E-state index in [1.807, 2.05) is 17.6 Å². The molecule has 3 aromatic rings. The number of piperidine rings is 1. The largest absolute Gasteiger partial charge is 0.347 e. The zero-order valence-electron chi connectivity index (χ0n) is 23.0. The lowest BCUT2D eigenvalue weighted by molar-refractivity contribution is 0.0688. The molecule has 1 amide bonds. The van der Waals surface area contributed by atoms with E-state index in [1.54, 1.807) is 30.3 Å². The standard InChI is InChI=1S/C31H39N3O4S/c1-3-33-22-28(31(36)34-18-16-24(17-19-34)20-23-10-6-4-7-11-23)30(35)27-21-26(14-15-29(27)33)39(37,38)32(2)25-12-8-5-9-13-25/h4,6-7,10-11,14-15,21-22,24-25H,3,5,8-9,12-13,16-20H2,1-2H3. The van der Waals surface area contributed by atoms with Gasteiger partial charge in [0.25, 0.3) is 5.91 Å². The van der Waals surface area contributed by atoms with E-state index in [0.717, 1.165) is 51.4 Å². The summed E-state index contributed by atoms with van der Waals surface area (Å²) in [5, 5.41) is 0.278. The number of likely N-dealkylation sites (tertiary alicyclic amines) is 1. The van der Waals surface area contributed by atoms with Gasteiger partial charge in [-0.25, -0.2) is 8.42 Å². The molecule has 0 unspecified atom stereocenters. The van der Waals surface area contributed by atoms with Gasteiger partial charge in [-0.3, -0.25) is 9.59 Å². The number of aryl methyl sites for hydroxylation is 1. The van der Waals surface area contributed by atoms with E-state index < -0.39 is 15.5 Å². The fourth-order valence-corrected chi connectivity index (χ4v) is 7.66. The topological polar surface area (TPSA) is 79.7 Å². The van der Waals surface area contributed by atoms with Crippen molar-refractivity contribution in [1.82, 2.24) is 13.8 Å². The highest BCUT2D eigenvalue weighted by molar-refractivity contribution is 7.89. The summed E-state index contributed by atoms with van der Waals surface area (Å²) in [6.07, 6.45) is 9.33. The number of pyridine rings is 1. The maximum Gasteiger partial charge on any atom is 0.259 e. The zero-order chi connectivity index (χ0) is 27.6. The van der Waals surface area contributed by atoms with Crippen molar-refractivity contribution in [3.8, 4) is 0 Å². The molecule has 0 spiro atoms. The molecular formula is C31H39N3O4S. The van der Waals surface area contributed by atoms with Gasteiger partial charge in [0.05, 0.1) is 10.4 Å². The molecular weight excluding hydrogens is 510 g/mol. The molecule has 1 aliphatic heterocycles. The normalized spacial score (nSPS) is 17.7. The third-order valence-corrected chi connectivity index (χ3v) is 10.6. The summed E-state index contributed by atoms with van der Waals surface area (Å²) >= 11 is 0. The lowest BCUT2D eigenvalue weighted by Gasteiger charge is -2.32. The van der Waals surface area contributed by atoms with Crippen LogP contribution < -0.4 is 5.43 Å². The van der Waals surface area contributed by atoms with E-state index in [4.69, 9.17) is 0 Å². The van der Waals surface area contributed by atoms with Crippen molar-refractivity contribution in [3.63, 3.8) is 0 Å². The van der Waals surface area contributed by atoms with Crippen LogP contribution in [0.3, 0.4) is 0 Å². The Morgan fingerprint density at radius 3 is 2.33 bits per heavy atom. The second-order valence-electron chi connectivity index (χ2n) is 11.1. The molecule has 2 aliphatic rings. The molecule has 2 fully saturated rings. The summed E-state index contributed by atoms with van der Waals surface area (Å²) < 4.78 is 30.4. The van der Waals surface area contributed by atoms with Crippen LogP contribution >= 0.6 is 0 Å². The SMILES string of the molecule is CCn1cc(C(=O)N2CCC(Cc3ccccc3)CC2)c(=O)c2cc(S(=O)(=O)N(C)C3CCCCC3)ccc21. The number of nitrogens with zero attached hydrogens (tertiary/aromatic N) is 3. The summed E-state index contributed by atoms with van der Waals surface area (Å²) in [4.78, 5) is 29.1. The van der Waals surface area contributed by atoms with E-state index in [0.29, 0.717) is 31.1 Å². The van der Waals surface area contributed by atoms with Crippen molar-refractivity contribution < 1.29 is 13.2 Å². The third kappa shape index (κ3) is 5.68. The zero-order valence-corrected chi connectivity index (χ0v) is 23.8. The Bertz CT molecular complexity index is 1490. The smallest absolute Gasteiger partial charge is 0.259 e. The van der Waals surface area contributed by atoms with Gasteiger partial charge in [-0.05, 0) is 68.7 Å². The van der Waals surface area contributed by atoms with Gasteiger partial charge in [0.2, 0.25) is 15.5 Å². The predicted octanol–water partition coefficient (Wildman–Crippen LogP) is 5.07. The number of sulfonamides is 1. The van der Waals surface area contributed by atoms with Crippen molar-refractivity contribution in [2.75, 3.05) is 20.1 Å². The highest BCUT2D eigenvalue weighted by Crippen LogP contribution is 2.28. The Labute approximate surface area is 231 Å². The van der Waals surface area contributed by atoms with Crippen LogP contribution in [0.25, 0.3) is 10.9 Å². The molecule has 7 nitrogen and oxygen atoms in total. The molecule has 1 aliphatic carbocycles. The van der Waals surface area contributed by atoms with Crippen LogP contribution in [0, 0.1) is 5.92 Å². The Hall–Kier alpha value is -2.97. The first-order valence-corrected chi connectivity index (χ1v) is 15.7. The highest BCUT2D eigenvalue weighted by atomic mass is 32.2. The minimum atomic E-state index is -3.76. The molecule has 208 valence electrons. The number of hydrogen-bond donors (Lipinski definition) is 0. The first-order chi connectivity index (χ1) is 18.8. The maximum atomic E-state index is 13.7. The molecule has 39 heavy (non-hydrogen) atoms. The quantitative estimate of drug-likeness (QED) is 0.412. The van der Waals surface area contributed by atoms with Crippen LogP contribution in [0.2, 0.25) is 0 Å². The monoisotopic (exact) mass is 549 g/mol. The van der Waals surface area contributed by atoms with E-state index in [-0.39, 0.29) is 27.8 Å². The van der Waals surface area contributed by atoms with Crippen molar-refractivity contribution in [3.05, 3.63) is 76.1 Å². The van der Waals surface area contributed by atoms with Crippen molar-refractivity contribution in [2.45, 2.75) is 75.8 Å². The van der Waals surface area contributed by atoms with Gasteiger partial charge in [0, 0.05) is 44.3 Å². The lowest BCUT2D eigenvalue weighted by Crippen LogP contribution is -2.41. The molecule has 0 N–H and O–H groups in total. The highest BCUT2D eigenvalue weighted by Gasteiger charge is 2.30. The number of hydrogen-bond acceptors (Lipinski definition) is 4. The van der Waals surface area contributed by atoms with Crippen LogP contribution in [0.4, 0.5) is 0 Å². The van der Waals surface area contributed by atoms with E-state index in [2.05, 4.69) is 24.3 Å². The van der Waals surface area contributed by atoms with Crippen molar-refractivity contribution in [2.24, 2.45) is 5.92 Å². The van der Waals surface area contributed by atoms with Crippen LogP contribution in [-0.4, -0.2) is 54.3 Å². The summed E-state index contributed by atoms with van der Waals surface area (Å²) in [6, 6.07) is 15.1. The molecule has 0 bridgehead atoms. The average molecular weight is 550 g/mol. The number of aromatic nitrogens is 1. The van der Waals surface area contributed by atoms with Gasteiger partial charge in [-0.15, -0.1) is 0 Å². The molecule has 2 heterocycles. The van der Waals surface area contributed by atoms with Gasteiger partial charge < -0.3 is 9.47 Å². The summed E-state index contributed by atoms with van der Waals surface area (Å²) in [5.41, 5.74) is 1.66. The minimum Gasteiger partial charge on any atom is -0.347 e. The van der Waals surface area contributed by atoms with Crippen LogP contribution in [0.1, 0.15) is 67.8 Å². The average Bonchev–Trinajstić information content (AvgIpc) is 2.98. The molecule has 1 aromatic heterocycles. The summed E-state index contributed by atoms with van der Waals surface area (Å²) in [7, 11) is -2.12. The first kappa shape index (κ1) is 27.6. The summed E-state index contributed by atoms with van der Waals surface area (Å²) in [6.45, 7) is 3.74. The fourth-order valence-electron chi connectivity index (χ4n) is 6.22. The third-order valence-electron chi connectivity index (χ3n) is 8.66. The maximum absolute atomic E-state index is 13.7. The van der Waals surface area contributed by atoms with Gasteiger partial charge in [-0.2, -0.15) is 4.31 Å². The number of fused-ring (bicyclic) bond motifs is 1. The fraction of sp³-hybridized carbons (Fsp3) is 0.484. The summed E-state index contributed by atoms with van der Waals surface area (Å²) in [5.74, 6) is 0.240. The van der Waals surface area contributed by atoms with Gasteiger partial charge >= 0.3 is 0 Å². The van der Waals surface area contributed by atoms with E-state index in [1.165, 1.54) is 15.9 Å². The molecule has 0 radical (unpaired) electrons. The number of carbonyl (C=O) groups excluding carboxylic acids is 1. The number of rotatable bonds is 7. The molecule has 1 saturated heterocycles. The number of carbonyl (C=O) groups is 1. The Morgan fingerprint density at radius 2 is 1.67 bits per heavy atom. The first-order valence-electron chi connectivity index (χ1n) is 14.3. The predicted molar refractivity (Wildman–Crippen MR) is 154 cm³/mol. The molecule has 0 atom stereocenters. The van der Waals surface area contributed by atoms with Crippen molar-refractivity contribution >= 4 is 26.8 Å². The van der Waals surface area contributed by atoms with Crippen LogP contribution in [0.15, 0.2) is 64.4 Å². The molecule has 1 saturated carbocycles.